The van der Waals surface area contributed by atoms with E-state index in [-0.39, 0.29) is 5.78 Å². The van der Waals surface area contributed by atoms with Crippen molar-refractivity contribution in [2.24, 2.45) is 0 Å². The van der Waals surface area contributed by atoms with Crippen molar-refractivity contribution >= 4 is 27.4 Å². The number of carbonyl (C=O) groups is 1. The highest BCUT2D eigenvalue weighted by Gasteiger charge is 2.25. The molecule has 0 unspecified atom stereocenters. The van der Waals surface area contributed by atoms with E-state index in [4.69, 9.17) is 0 Å². The smallest absolute Gasteiger partial charge is 0.178 e. The van der Waals surface area contributed by atoms with E-state index in [1.54, 1.807) is 0 Å². The van der Waals surface area contributed by atoms with Crippen molar-refractivity contribution < 1.29 is 4.79 Å². The number of fused-ring (bicyclic) bond motifs is 1. The second-order valence-corrected chi connectivity index (χ2v) is 5.27. The lowest BCUT2D eigenvalue weighted by molar-refractivity contribution is -0.115. The minimum absolute atomic E-state index is 0.273. The maximum absolute atomic E-state index is 11.8. The van der Waals surface area contributed by atoms with Crippen molar-refractivity contribution in [3.05, 3.63) is 39.5 Å². The summed E-state index contributed by atoms with van der Waals surface area (Å²) in [5.74, 6) is 0.273. The maximum atomic E-state index is 11.8. The van der Waals surface area contributed by atoms with E-state index in [9.17, 15) is 4.79 Å². The third kappa shape index (κ3) is 1.59. The second kappa shape index (κ2) is 3.74. The van der Waals surface area contributed by atoms with Gasteiger partial charge in [-0.05, 0) is 48.6 Å². The molecule has 1 heterocycles. The van der Waals surface area contributed by atoms with Crippen molar-refractivity contribution in [2.45, 2.75) is 25.7 Å². The average molecular weight is 278 g/mol. The molecule has 0 radical (unpaired) electrons. The lowest BCUT2D eigenvalue weighted by Gasteiger charge is -2.27. The van der Waals surface area contributed by atoms with Gasteiger partial charge in [-0.1, -0.05) is 15.9 Å². The Balaban J connectivity index is 2.03. The number of benzene rings is 1. The van der Waals surface area contributed by atoms with Crippen LogP contribution in [0.15, 0.2) is 33.9 Å². The molecule has 0 saturated heterocycles. The monoisotopic (exact) mass is 277 g/mol. The quantitative estimate of drug-likeness (QED) is 0.787. The zero-order valence-electron chi connectivity index (χ0n) is 8.85. The lowest BCUT2D eigenvalue weighted by Crippen LogP contribution is -2.23. The van der Waals surface area contributed by atoms with E-state index in [0.717, 1.165) is 35.1 Å². The van der Waals surface area contributed by atoms with Crippen LogP contribution in [0.25, 0.3) is 0 Å². The van der Waals surface area contributed by atoms with Gasteiger partial charge >= 0.3 is 0 Å². The summed E-state index contributed by atoms with van der Waals surface area (Å²) in [7, 11) is 0. The molecule has 1 aliphatic carbocycles. The number of hydrogen-bond donors (Lipinski definition) is 1. The van der Waals surface area contributed by atoms with E-state index in [1.165, 1.54) is 11.1 Å². The highest BCUT2D eigenvalue weighted by molar-refractivity contribution is 9.10. The number of carbonyl (C=O) groups excluding carboxylic acids is 1. The molecule has 3 rings (SSSR count). The van der Waals surface area contributed by atoms with Gasteiger partial charge in [0, 0.05) is 16.6 Å². The predicted molar refractivity (Wildman–Crippen MR) is 67.4 cm³/mol. The Morgan fingerprint density at radius 2 is 2.12 bits per heavy atom. The Labute approximate surface area is 103 Å². The first-order valence-corrected chi connectivity index (χ1v) is 6.34. The topological polar surface area (TPSA) is 29.1 Å². The number of rotatable bonds is 0. The minimum Gasteiger partial charge on any atom is -0.352 e. The fourth-order valence-electron chi connectivity index (χ4n) is 2.44. The van der Waals surface area contributed by atoms with E-state index in [2.05, 4.69) is 27.3 Å². The maximum Gasteiger partial charge on any atom is 0.178 e. The standard InChI is InChI=1S/C13H12BrNO/c14-10-4-5-11-9(7-10)6-8-2-1-3-12(16)13(8)15-11/h4-5,7,15H,1-3,6H2. The molecule has 0 saturated carbocycles. The van der Waals surface area contributed by atoms with E-state index in [0.29, 0.717) is 6.42 Å². The molecule has 2 aliphatic rings. The summed E-state index contributed by atoms with van der Waals surface area (Å²) in [5, 5.41) is 3.29. The van der Waals surface area contributed by atoms with E-state index in [1.807, 2.05) is 12.1 Å². The van der Waals surface area contributed by atoms with Crippen molar-refractivity contribution in [1.82, 2.24) is 0 Å². The number of Topliss-reactive ketones (excluding diaryl/α,β-unsaturated/α-hetero) is 1. The number of nitrogens with one attached hydrogen (secondary N) is 1. The zero-order valence-corrected chi connectivity index (χ0v) is 10.4. The van der Waals surface area contributed by atoms with Crippen LogP contribution in [0.2, 0.25) is 0 Å². The van der Waals surface area contributed by atoms with Crippen molar-refractivity contribution in [3.8, 4) is 0 Å². The van der Waals surface area contributed by atoms with Gasteiger partial charge in [0.15, 0.2) is 5.78 Å². The normalized spacial score (nSPS) is 18.9. The number of anilines is 1. The van der Waals surface area contributed by atoms with Crippen LogP contribution >= 0.6 is 15.9 Å². The molecule has 16 heavy (non-hydrogen) atoms. The van der Waals surface area contributed by atoms with Crippen LogP contribution in [0.5, 0.6) is 0 Å². The minimum atomic E-state index is 0.273. The van der Waals surface area contributed by atoms with Crippen LogP contribution in [0.1, 0.15) is 24.8 Å². The Hall–Kier alpha value is -1.09. The van der Waals surface area contributed by atoms with Crippen LogP contribution in [0.4, 0.5) is 5.69 Å². The predicted octanol–water partition coefficient (Wildman–Crippen LogP) is 3.42. The van der Waals surface area contributed by atoms with E-state index >= 15 is 0 Å². The highest BCUT2D eigenvalue weighted by atomic mass is 79.9. The molecular weight excluding hydrogens is 266 g/mol. The highest BCUT2D eigenvalue weighted by Crippen LogP contribution is 2.34. The van der Waals surface area contributed by atoms with Crippen molar-refractivity contribution in [1.29, 1.82) is 0 Å². The SMILES string of the molecule is O=C1CCCC2=C1Nc1ccc(Br)cc1C2. The summed E-state index contributed by atoms with van der Waals surface area (Å²) in [6, 6.07) is 6.17. The molecule has 0 fully saturated rings. The number of halogens is 1. The van der Waals surface area contributed by atoms with Gasteiger partial charge in [-0.3, -0.25) is 4.79 Å². The van der Waals surface area contributed by atoms with Gasteiger partial charge in [-0.25, -0.2) is 0 Å². The summed E-state index contributed by atoms with van der Waals surface area (Å²) in [5.41, 5.74) is 4.50. The zero-order chi connectivity index (χ0) is 11.1. The van der Waals surface area contributed by atoms with Crippen molar-refractivity contribution in [2.75, 3.05) is 5.32 Å². The molecule has 2 nitrogen and oxygen atoms in total. The average Bonchev–Trinajstić information content (AvgIpc) is 2.27. The first kappa shape index (κ1) is 10.1. The Kier molecular flexibility index (Phi) is 2.36. The molecule has 1 aromatic carbocycles. The molecular formula is C13H12BrNO. The van der Waals surface area contributed by atoms with Crippen LogP contribution < -0.4 is 5.32 Å². The van der Waals surface area contributed by atoms with Gasteiger partial charge in [0.1, 0.15) is 0 Å². The van der Waals surface area contributed by atoms with Gasteiger partial charge in [0.25, 0.3) is 0 Å². The molecule has 3 heteroatoms. The lowest BCUT2D eigenvalue weighted by atomic mass is 9.87. The van der Waals surface area contributed by atoms with Gasteiger partial charge in [0.05, 0.1) is 5.70 Å². The molecule has 0 aromatic heterocycles. The van der Waals surface area contributed by atoms with Crippen LogP contribution in [-0.2, 0) is 11.2 Å². The fourth-order valence-corrected chi connectivity index (χ4v) is 2.85. The summed E-state index contributed by atoms with van der Waals surface area (Å²) in [6.45, 7) is 0. The number of hydrogen-bond acceptors (Lipinski definition) is 2. The van der Waals surface area contributed by atoms with Crippen LogP contribution in [0.3, 0.4) is 0 Å². The van der Waals surface area contributed by atoms with Gasteiger partial charge in [-0.2, -0.15) is 0 Å². The third-order valence-electron chi connectivity index (χ3n) is 3.25. The Morgan fingerprint density at radius 1 is 1.25 bits per heavy atom. The fraction of sp³-hybridized carbons (Fsp3) is 0.308. The first-order chi connectivity index (χ1) is 7.74. The molecule has 1 N–H and O–H groups in total. The van der Waals surface area contributed by atoms with E-state index < -0.39 is 0 Å². The Bertz CT molecular complexity index is 505. The summed E-state index contributed by atoms with van der Waals surface area (Å²) >= 11 is 3.48. The van der Waals surface area contributed by atoms with Gasteiger partial charge < -0.3 is 5.32 Å². The second-order valence-electron chi connectivity index (χ2n) is 4.36. The number of ketones is 1. The first-order valence-electron chi connectivity index (χ1n) is 5.55. The molecule has 0 atom stereocenters. The third-order valence-corrected chi connectivity index (χ3v) is 3.74. The summed E-state index contributed by atoms with van der Waals surface area (Å²) in [6.07, 6.45) is 3.67. The largest absolute Gasteiger partial charge is 0.352 e. The van der Waals surface area contributed by atoms with Crippen LogP contribution in [0, 0.1) is 0 Å². The molecule has 0 spiro atoms. The van der Waals surface area contributed by atoms with Gasteiger partial charge in [-0.15, -0.1) is 0 Å². The van der Waals surface area contributed by atoms with Crippen molar-refractivity contribution in [3.63, 3.8) is 0 Å². The molecule has 82 valence electrons. The molecule has 1 aromatic rings. The number of allylic oxidation sites excluding steroid dienone is 2. The molecule has 0 bridgehead atoms. The summed E-state index contributed by atoms with van der Waals surface area (Å²) < 4.78 is 1.10. The van der Waals surface area contributed by atoms with Crippen LogP contribution in [-0.4, -0.2) is 5.78 Å². The molecule has 0 amide bonds. The Morgan fingerprint density at radius 3 is 3.00 bits per heavy atom. The molecule has 1 aliphatic heterocycles. The summed E-state index contributed by atoms with van der Waals surface area (Å²) in [4.78, 5) is 11.8. The van der Waals surface area contributed by atoms with Gasteiger partial charge in [0.2, 0.25) is 0 Å².